The van der Waals surface area contributed by atoms with Crippen molar-refractivity contribution in [1.29, 1.82) is 0 Å². The van der Waals surface area contributed by atoms with E-state index in [4.69, 9.17) is 16.3 Å². The van der Waals surface area contributed by atoms with Crippen LogP contribution in [0, 0.1) is 0 Å². The second-order valence-electron chi connectivity index (χ2n) is 7.15. The quantitative estimate of drug-likeness (QED) is 0.575. The minimum absolute atomic E-state index is 0.00265. The van der Waals surface area contributed by atoms with Crippen molar-refractivity contribution in [3.05, 3.63) is 83.4 Å². The summed E-state index contributed by atoms with van der Waals surface area (Å²) in [7, 11) is 2.05. The van der Waals surface area contributed by atoms with Crippen molar-refractivity contribution in [3.63, 3.8) is 0 Å². The third-order valence-corrected chi connectivity index (χ3v) is 5.13. The lowest BCUT2D eigenvalue weighted by atomic mass is 10.0. The van der Waals surface area contributed by atoms with E-state index in [2.05, 4.69) is 17.6 Å². The van der Waals surface area contributed by atoms with Crippen LogP contribution in [-0.4, -0.2) is 44.1 Å². The van der Waals surface area contributed by atoms with Crippen molar-refractivity contribution < 1.29 is 9.53 Å². The summed E-state index contributed by atoms with van der Waals surface area (Å²) in [5.74, 6) is 0.830. The topological polar surface area (TPSA) is 32.8 Å². The maximum atomic E-state index is 12.9. The number of carbonyl (C=O) groups excluding carboxylic acids is 1. The minimum Gasteiger partial charge on any atom is -0.490 e. The third-order valence-electron chi connectivity index (χ3n) is 4.88. The van der Waals surface area contributed by atoms with Gasteiger partial charge in [0.25, 0.3) is 5.91 Å². The zero-order valence-corrected chi connectivity index (χ0v) is 17.6. The van der Waals surface area contributed by atoms with Crippen LogP contribution < -0.4 is 9.64 Å². The predicted molar refractivity (Wildman–Crippen MR) is 120 cm³/mol. The van der Waals surface area contributed by atoms with Gasteiger partial charge >= 0.3 is 0 Å². The predicted octanol–water partition coefficient (Wildman–Crippen LogP) is 4.99. The van der Waals surface area contributed by atoms with Gasteiger partial charge in [0, 0.05) is 35.9 Å². The fourth-order valence-electron chi connectivity index (χ4n) is 3.38. The average molecular weight is 411 g/mol. The molecule has 0 radical (unpaired) electrons. The molecule has 1 aliphatic rings. The highest BCUT2D eigenvalue weighted by Crippen LogP contribution is 2.31. The molecule has 0 saturated carbocycles. The van der Waals surface area contributed by atoms with E-state index in [-0.39, 0.29) is 5.91 Å². The number of hydrogen-bond donors (Lipinski definition) is 0. The molecule has 0 saturated heterocycles. The van der Waals surface area contributed by atoms with Gasteiger partial charge in [-0.1, -0.05) is 29.8 Å². The Kier molecular flexibility index (Phi) is 7.50. The fraction of sp³-hybridized carbons (Fsp3) is 0.292. The molecule has 152 valence electrons. The first-order valence-corrected chi connectivity index (χ1v) is 10.2. The number of benzene rings is 2. The normalized spacial score (nSPS) is 13.6. The standard InChI is InChI=1S/C24H27ClN2O2/c1-3-14-26(2)15-4-5-17-29-22-12-13-23-20(18-22)7-6-16-27(23)24(28)19-8-10-21(25)11-9-19/h3-5,8-13,18H,1,6-7,14-17H2,2H3. The molecule has 0 fully saturated rings. The fourth-order valence-corrected chi connectivity index (χ4v) is 3.51. The van der Waals surface area contributed by atoms with Crippen LogP contribution in [0.4, 0.5) is 5.69 Å². The van der Waals surface area contributed by atoms with Crippen LogP contribution in [0.1, 0.15) is 22.3 Å². The van der Waals surface area contributed by atoms with Gasteiger partial charge in [0.15, 0.2) is 0 Å². The highest BCUT2D eigenvalue weighted by molar-refractivity contribution is 6.30. The first kappa shape index (κ1) is 21.2. The molecule has 1 heterocycles. The number of ether oxygens (including phenoxy) is 1. The summed E-state index contributed by atoms with van der Waals surface area (Å²) in [6.45, 7) is 6.70. The van der Waals surface area contributed by atoms with Gasteiger partial charge in [-0.05, 0) is 67.9 Å². The van der Waals surface area contributed by atoms with E-state index in [1.165, 1.54) is 0 Å². The molecule has 2 aromatic rings. The van der Waals surface area contributed by atoms with E-state index >= 15 is 0 Å². The molecule has 2 aromatic carbocycles. The van der Waals surface area contributed by atoms with Gasteiger partial charge in [-0.25, -0.2) is 0 Å². The van der Waals surface area contributed by atoms with Gasteiger partial charge in [-0.3, -0.25) is 9.69 Å². The smallest absolute Gasteiger partial charge is 0.258 e. The Bertz CT molecular complexity index is 877. The maximum absolute atomic E-state index is 12.9. The van der Waals surface area contributed by atoms with Crippen LogP contribution in [0.15, 0.2) is 67.3 Å². The largest absolute Gasteiger partial charge is 0.490 e. The Labute approximate surface area is 178 Å². The highest BCUT2D eigenvalue weighted by Gasteiger charge is 2.23. The number of carbonyl (C=O) groups is 1. The summed E-state index contributed by atoms with van der Waals surface area (Å²) in [6.07, 6.45) is 7.88. The van der Waals surface area contributed by atoms with Crippen LogP contribution in [0.5, 0.6) is 5.75 Å². The molecular weight excluding hydrogens is 384 g/mol. The summed E-state index contributed by atoms with van der Waals surface area (Å²) >= 11 is 5.94. The summed E-state index contributed by atoms with van der Waals surface area (Å²) in [6, 6.07) is 13.0. The summed E-state index contributed by atoms with van der Waals surface area (Å²) in [5.41, 5.74) is 2.75. The van der Waals surface area contributed by atoms with Gasteiger partial charge in [0.05, 0.1) is 0 Å². The number of halogens is 1. The maximum Gasteiger partial charge on any atom is 0.258 e. The number of amides is 1. The van der Waals surface area contributed by atoms with Crippen LogP contribution in [-0.2, 0) is 6.42 Å². The number of nitrogens with zero attached hydrogens (tertiary/aromatic N) is 2. The molecule has 0 atom stereocenters. The first-order valence-electron chi connectivity index (χ1n) is 9.86. The van der Waals surface area contributed by atoms with E-state index in [1.54, 1.807) is 24.3 Å². The van der Waals surface area contributed by atoms with E-state index in [9.17, 15) is 4.79 Å². The van der Waals surface area contributed by atoms with Crippen LogP contribution in [0.3, 0.4) is 0 Å². The Balaban J connectivity index is 1.63. The van der Waals surface area contributed by atoms with Gasteiger partial charge in [0.1, 0.15) is 12.4 Å². The van der Waals surface area contributed by atoms with Crippen molar-refractivity contribution in [1.82, 2.24) is 4.90 Å². The molecule has 0 N–H and O–H groups in total. The second kappa shape index (κ2) is 10.3. The Hall–Kier alpha value is -2.56. The van der Waals surface area contributed by atoms with Gasteiger partial charge in [-0.15, -0.1) is 6.58 Å². The number of aryl methyl sites for hydroxylation is 1. The molecule has 0 bridgehead atoms. The van der Waals surface area contributed by atoms with E-state index in [0.29, 0.717) is 17.2 Å². The van der Waals surface area contributed by atoms with Crippen LogP contribution >= 0.6 is 11.6 Å². The Morgan fingerprint density at radius 3 is 2.76 bits per heavy atom. The molecule has 29 heavy (non-hydrogen) atoms. The Morgan fingerprint density at radius 2 is 2.00 bits per heavy atom. The number of rotatable bonds is 8. The second-order valence-corrected chi connectivity index (χ2v) is 7.59. The van der Waals surface area contributed by atoms with E-state index in [1.807, 2.05) is 42.3 Å². The molecule has 1 amide bonds. The number of anilines is 1. The van der Waals surface area contributed by atoms with Crippen molar-refractivity contribution >= 4 is 23.2 Å². The molecule has 0 aliphatic carbocycles. The number of hydrogen-bond acceptors (Lipinski definition) is 3. The molecule has 4 nitrogen and oxygen atoms in total. The monoisotopic (exact) mass is 410 g/mol. The van der Waals surface area contributed by atoms with E-state index < -0.39 is 0 Å². The molecule has 5 heteroatoms. The molecule has 3 rings (SSSR count). The molecule has 0 unspecified atom stereocenters. The molecule has 0 aromatic heterocycles. The lowest BCUT2D eigenvalue weighted by Crippen LogP contribution is -2.35. The van der Waals surface area contributed by atoms with Crippen molar-refractivity contribution in [3.8, 4) is 5.75 Å². The molecular formula is C24H27ClN2O2. The van der Waals surface area contributed by atoms with Crippen LogP contribution in [0.25, 0.3) is 0 Å². The van der Waals surface area contributed by atoms with Gasteiger partial charge in [-0.2, -0.15) is 0 Å². The van der Waals surface area contributed by atoms with Crippen molar-refractivity contribution in [2.24, 2.45) is 0 Å². The lowest BCUT2D eigenvalue weighted by Gasteiger charge is -2.30. The average Bonchev–Trinajstić information content (AvgIpc) is 2.73. The summed E-state index contributed by atoms with van der Waals surface area (Å²) < 4.78 is 5.86. The van der Waals surface area contributed by atoms with Gasteiger partial charge < -0.3 is 9.64 Å². The minimum atomic E-state index is 0.00265. The molecule has 0 spiro atoms. The summed E-state index contributed by atoms with van der Waals surface area (Å²) in [5, 5.41) is 0.629. The number of likely N-dealkylation sites (N-methyl/N-ethyl adjacent to an activating group) is 1. The van der Waals surface area contributed by atoms with Crippen molar-refractivity contribution in [2.75, 3.05) is 38.2 Å². The Morgan fingerprint density at radius 1 is 1.21 bits per heavy atom. The van der Waals surface area contributed by atoms with Gasteiger partial charge in [0.2, 0.25) is 0 Å². The molecule has 1 aliphatic heterocycles. The SMILES string of the molecule is C=CCN(C)CC=CCOc1ccc2c(c1)CCCN2C(=O)c1ccc(Cl)cc1. The van der Waals surface area contributed by atoms with Crippen molar-refractivity contribution in [2.45, 2.75) is 12.8 Å². The zero-order chi connectivity index (χ0) is 20.6. The summed E-state index contributed by atoms with van der Waals surface area (Å²) in [4.78, 5) is 16.9. The third kappa shape index (κ3) is 5.72. The van der Waals surface area contributed by atoms with E-state index in [0.717, 1.165) is 49.5 Å². The lowest BCUT2D eigenvalue weighted by molar-refractivity contribution is 0.0985. The highest BCUT2D eigenvalue weighted by atomic mass is 35.5. The first-order chi connectivity index (χ1) is 14.1. The zero-order valence-electron chi connectivity index (χ0n) is 16.8. The number of fused-ring (bicyclic) bond motifs is 1. The van der Waals surface area contributed by atoms with Crippen LogP contribution in [0.2, 0.25) is 5.02 Å².